The van der Waals surface area contributed by atoms with Gasteiger partial charge in [0.15, 0.2) is 0 Å². The molecule has 0 heterocycles. The number of benzene rings is 2. The molecule has 4 nitrogen and oxygen atoms in total. The summed E-state index contributed by atoms with van der Waals surface area (Å²) in [5.74, 6) is 0.866. The van der Waals surface area contributed by atoms with E-state index >= 15 is 0 Å². The maximum absolute atomic E-state index is 11.7. The number of hydrogen-bond acceptors (Lipinski definition) is 2. The van der Waals surface area contributed by atoms with Crippen LogP contribution >= 0.6 is 0 Å². The number of carbonyl (C=O) groups excluding carboxylic acids is 1. The highest BCUT2D eigenvalue weighted by molar-refractivity contribution is 5.73. The Labute approximate surface area is 157 Å². The van der Waals surface area contributed by atoms with E-state index in [1.807, 2.05) is 30.3 Å². The van der Waals surface area contributed by atoms with E-state index in [9.17, 15) is 4.79 Å². The zero-order valence-corrected chi connectivity index (χ0v) is 16.0. The van der Waals surface area contributed by atoms with E-state index < -0.39 is 0 Å². The standard InChI is InChI=1S/C22H30N2O2/c1-22(2,3)19-10-12-20(13-11-19)26-17-7-15-23-21(25)24-16-14-18-8-5-4-6-9-18/h4-6,8-13H,7,14-17H2,1-3H3,(H2,23,24,25). The summed E-state index contributed by atoms with van der Waals surface area (Å²) >= 11 is 0. The van der Waals surface area contributed by atoms with Crippen LogP contribution in [0.2, 0.25) is 0 Å². The van der Waals surface area contributed by atoms with Crippen molar-refractivity contribution in [2.75, 3.05) is 19.7 Å². The van der Waals surface area contributed by atoms with Crippen molar-refractivity contribution in [1.29, 1.82) is 0 Å². The SMILES string of the molecule is CC(C)(C)c1ccc(OCCCNC(=O)NCCc2ccccc2)cc1. The molecule has 140 valence electrons. The lowest BCUT2D eigenvalue weighted by Crippen LogP contribution is -2.37. The molecule has 2 aromatic carbocycles. The van der Waals surface area contributed by atoms with E-state index in [0.29, 0.717) is 19.7 Å². The summed E-state index contributed by atoms with van der Waals surface area (Å²) < 4.78 is 5.72. The van der Waals surface area contributed by atoms with Crippen LogP contribution in [-0.4, -0.2) is 25.7 Å². The Morgan fingerprint density at radius 3 is 2.23 bits per heavy atom. The van der Waals surface area contributed by atoms with Crippen molar-refractivity contribution < 1.29 is 9.53 Å². The number of carbonyl (C=O) groups is 1. The van der Waals surface area contributed by atoms with E-state index in [1.165, 1.54) is 11.1 Å². The van der Waals surface area contributed by atoms with Gasteiger partial charge < -0.3 is 15.4 Å². The normalized spacial score (nSPS) is 11.0. The molecule has 0 radical (unpaired) electrons. The van der Waals surface area contributed by atoms with Crippen LogP contribution in [0.1, 0.15) is 38.3 Å². The molecule has 2 aromatic rings. The first-order valence-electron chi connectivity index (χ1n) is 9.24. The molecule has 0 aromatic heterocycles. The van der Waals surface area contributed by atoms with Crippen molar-refractivity contribution in [1.82, 2.24) is 10.6 Å². The largest absolute Gasteiger partial charge is 0.494 e. The molecular weight excluding hydrogens is 324 g/mol. The Morgan fingerprint density at radius 2 is 1.58 bits per heavy atom. The zero-order valence-electron chi connectivity index (χ0n) is 16.0. The fourth-order valence-corrected chi connectivity index (χ4v) is 2.54. The van der Waals surface area contributed by atoms with Gasteiger partial charge in [0.05, 0.1) is 6.61 Å². The van der Waals surface area contributed by atoms with Gasteiger partial charge in [0, 0.05) is 13.1 Å². The first kappa shape index (κ1) is 19.8. The highest BCUT2D eigenvalue weighted by atomic mass is 16.5. The van der Waals surface area contributed by atoms with Crippen LogP contribution in [0.5, 0.6) is 5.75 Å². The highest BCUT2D eigenvalue weighted by Gasteiger charge is 2.12. The smallest absolute Gasteiger partial charge is 0.314 e. The van der Waals surface area contributed by atoms with Crippen molar-refractivity contribution in [2.45, 2.75) is 39.0 Å². The number of hydrogen-bond donors (Lipinski definition) is 2. The molecule has 0 bridgehead atoms. The first-order chi connectivity index (χ1) is 12.4. The van der Waals surface area contributed by atoms with Gasteiger partial charge in [0.2, 0.25) is 0 Å². The van der Waals surface area contributed by atoms with E-state index in [2.05, 4.69) is 55.7 Å². The second-order valence-corrected chi connectivity index (χ2v) is 7.39. The Hall–Kier alpha value is -2.49. The predicted octanol–water partition coefficient (Wildman–Crippen LogP) is 4.29. The Morgan fingerprint density at radius 1 is 0.923 bits per heavy atom. The second-order valence-electron chi connectivity index (χ2n) is 7.39. The van der Waals surface area contributed by atoms with Gasteiger partial charge in [0.1, 0.15) is 5.75 Å². The molecule has 0 fully saturated rings. The molecule has 2 amide bonds. The molecular formula is C22H30N2O2. The van der Waals surface area contributed by atoms with E-state index in [-0.39, 0.29) is 11.4 Å². The van der Waals surface area contributed by atoms with Crippen molar-refractivity contribution in [3.05, 3.63) is 65.7 Å². The monoisotopic (exact) mass is 354 g/mol. The van der Waals surface area contributed by atoms with Crippen LogP contribution in [0.3, 0.4) is 0 Å². The third-order valence-electron chi connectivity index (χ3n) is 4.14. The van der Waals surface area contributed by atoms with E-state index in [1.54, 1.807) is 0 Å². The molecule has 0 unspecified atom stereocenters. The minimum atomic E-state index is -0.129. The number of rotatable bonds is 8. The fourth-order valence-electron chi connectivity index (χ4n) is 2.54. The van der Waals surface area contributed by atoms with Gasteiger partial charge in [-0.1, -0.05) is 63.2 Å². The van der Waals surface area contributed by atoms with Crippen molar-refractivity contribution >= 4 is 6.03 Å². The lowest BCUT2D eigenvalue weighted by atomic mass is 9.87. The summed E-state index contributed by atoms with van der Waals surface area (Å²) in [4.78, 5) is 11.7. The third-order valence-corrected chi connectivity index (χ3v) is 4.14. The van der Waals surface area contributed by atoms with Gasteiger partial charge in [-0.25, -0.2) is 4.79 Å². The van der Waals surface area contributed by atoms with E-state index in [0.717, 1.165) is 18.6 Å². The zero-order chi connectivity index (χ0) is 18.8. The van der Waals surface area contributed by atoms with E-state index in [4.69, 9.17) is 4.74 Å². The van der Waals surface area contributed by atoms with Gasteiger partial charge in [-0.2, -0.15) is 0 Å². The summed E-state index contributed by atoms with van der Waals surface area (Å²) in [6.45, 7) is 8.39. The summed E-state index contributed by atoms with van der Waals surface area (Å²) in [7, 11) is 0. The molecule has 26 heavy (non-hydrogen) atoms. The van der Waals surface area contributed by atoms with Crippen LogP contribution in [0.4, 0.5) is 4.79 Å². The molecule has 0 aliphatic carbocycles. The number of amides is 2. The number of ether oxygens (including phenoxy) is 1. The average molecular weight is 354 g/mol. The summed E-state index contributed by atoms with van der Waals surface area (Å²) in [5.41, 5.74) is 2.66. The maximum atomic E-state index is 11.7. The van der Waals surface area contributed by atoms with Crippen LogP contribution in [0, 0.1) is 0 Å². The van der Waals surface area contributed by atoms with Crippen LogP contribution in [0.25, 0.3) is 0 Å². The van der Waals surface area contributed by atoms with Gasteiger partial charge in [0.25, 0.3) is 0 Å². The van der Waals surface area contributed by atoms with Gasteiger partial charge in [-0.3, -0.25) is 0 Å². The number of urea groups is 1. The summed E-state index contributed by atoms with van der Waals surface area (Å²) in [6, 6.07) is 18.2. The Balaban J connectivity index is 1.55. The molecule has 0 spiro atoms. The Kier molecular flexibility index (Phi) is 7.52. The quantitative estimate of drug-likeness (QED) is 0.695. The fraction of sp³-hybridized carbons (Fsp3) is 0.409. The summed E-state index contributed by atoms with van der Waals surface area (Å²) in [5, 5.41) is 5.72. The minimum Gasteiger partial charge on any atom is -0.494 e. The third kappa shape index (κ3) is 7.18. The predicted molar refractivity (Wildman–Crippen MR) is 107 cm³/mol. The van der Waals surface area contributed by atoms with Gasteiger partial charge in [-0.15, -0.1) is 0 Å². The molecule has 4 heteroatoms. The van der Waals surface area contributed by atoms with Crippen LogP contribution in [0.15, 0.2) is 54.6 Å². The van der Waals surface area contributed by atoms with Crippen LogP contribution < -0.4 is 15.4 Å². The topological polar surface area (TPSA) is 50.4 Å². The highest BCUT2D eigenvalue weighted by Crippen LogP contribution is 2.24. The van der Waals surface area contributed by atoms with Gasteiger partial charge >= 0.3 is 6.03 Å². The first-order valence-corrected chi connectivity index (χ1v) is 9.24. The van der Waals surface area contributed by atoms with Gasteiger partial charge in [-0.05, 0) is 41.5 Å². The molecule has 0 aliphatic heterocycles. The average Bonchev–Trinajstić information content (AvgIpc) is 2.62. The van der Waals surface area contributed by atoms with Crippen LogP contribution in [-0.2, 0) is 11.8 Å². The minimum absolute atomic E-state index is 0.129. The van der Waals surface area contributed by atoms with Crippen molar-refractivity contribution in [3.63, 3.8) is 0 Å². The molecule has 0 saturated carbocycles. The molecule has 0 aliphatic rings. The molecule has 0 atom stereocenters. The number of nitrogens with one attached hydrogen (secondary N) is 2. The maximum Gasteiger partial charge on any atom is 0.314 e. The van der Waals surface area contributed by atoms with Crippen molar-refractivity contribution in [3.8, 4) is 5.75 Å². The van der Waals surface area contributed by atoms with Crippen molar-refractivity contribution in [2.24, 2.45) is 0 Å². The molecule has 0 saturated heterocycles. The lowest BCUT2D eigenvalue weighted by molar-refractivity contribution is 0.239. The second kappa shape index (κ2) is 9.85. The molecule has 2 rings (SSSR count). The summed E-state index contributed by atoms with van der Waals surface area (Å²) in [6.07, 6.45) is 1.61. The lowest BCUT2D eigenvalue weighted by Gasteiger charge is -2.19. The Bertz CT molecular complexity index is 661. The molecule has 2 N–H and O–H groups in total.